The molecule has 1 aromatic carbocycles. The van der Waals surface area contributed by atoms with Crippen molar-refractivity contribution >= 4 is 29.1 Å². The highest BCUT2D eigenvalue weighted by Crippen LogP contribution is 2.21. The molecule has 0 saturated heterocycles. The average Bonchev–Trinajstić information content (AvgIpc) is 2.45. The lowest BCUT2D eigenvalue weighted by atomic mass is 10.1. The van der Waals surface area contributed by atoms with E-state index in [4.69, 9.17) is 11.6 Å². The third kappa shape index (κ3) is 5.66. The summed E-state index contributed by atoms with van der Waals surface area (Å²) >= 11 is 6.14. The average molecular weight is 326 g/mol. The Morgan fingerprint density at radius 1 is 1.18 bits per heavy atom. The SMILES string of the molecule is CNCC(C)C(=O)Nc1ccc(C(=O)NCC(C)C)c(Cl)c1. The van der Waals surface area contributed by atoms with Gasteiger partial charge in [-0.3, -0.25) is 9.59 Å². The number of hydrogen-bond donors (Lipinski definition) is 3. The van der Waals surface area contributed by atoms with Crippen molar-refractivity contribution in [1.29, 1.82) is 0 Å². The molecule has 0 radical (unpaired) electrons. The molecule has 5 nitrogen and oxygen atoms in total. The van der Waals surface area contributed by atoms with Crippen molar-refractivity contribution in [2.24, 2.45) is 11.8 Å². The van der Waals surface area contributed by atoms with Crippen LogP contribution in [0.1, 0.15) is 31.1 Å². The summed E-state index contributed by atoms with van der Waals surface area (Å²) in [5.74, 6) is -0.0877. The van der Waals surface area contributed by atoms with Crippen molar-refractivity contribution in [3.8, 4) is 0 Å². The number of nitrogens with one attached hydrogen (secondary N) is 3. The number of hydrogen-bond acceptors (Lipinski definition) is 3. The molecule has 0 aliphatic heterocycles. The van der Waals surface area contributed by atoms with Gasteiger partial charge in [0, 0.05) is 24.7 Å². The number of amides is 2. The van der Waals surface area contributed by atoms with Gasteiger partial charge in [0.1, 0.15) is 0 Å². The lowest BCUT2D eigenvalue weighted by molar-refractivity contribution is -0.119. The van der Waals surface area contributed by atoms with Crippen LogP contribution in [0, 0.1) is 11.8 Å². The van der Waals surface area contributed by atoms with E-state index in [0.29, 0.717) is 35.3 Å². The van der Waals surface area contributed by atoms with Crippen molar-refractivity contribution in [3.05, 3.63) is 28.8 Å². The number of halogens is 1. The Labute approximate surface area is 136 Å². The Kier molecular flexibility index (Phi) is 7.35. The molecule has 22 heavy (non-hydrogen) atoms. The molecule has 0 aliphatic carbocycles. The lowest BCUT2D eigenvalue weighted by Crippen LogP contribution is -2.29. The minimum absolute atomic E-state index is 0.0950. The molecule has 0 spiro atoms. The molecule has 1 unspecified atom stereocenters. The van der Waals surface area contributed by atoms with Crippen molar-refractivity contribution in [3.63, 3.8) is 0 Å². The van der Waals surface area contributed by atoms with Crippen LogP contribution in [-0.2, 0) is 4.79 Å². The summed E-state index contributed by atoms with van der Waals surface area (Å²) in [6, 6.07) is 4.90. The van der Waals surface area contributed by atoms with Crippen molar-refractivity contribution in [1.82, 2.24) is 10.6 Å². The van der Waals surface area contributed by atoms with Gasteiger partial charge >= 0.3 is 0 Å². The Balaban J connectivity index is 2.73. The molecule has 0 saturated carbocycles. The zero-order chi connectivity index (χ0) is 16.7. The summed E-state index contributed by atoms with van der Waals surface area (Å²) in [6.45, 7) is 7.06. The van der Waals surface area contributed by atoms with Gasteiger partial charge < -0.3 is 16.0 Å². The molecule has 2 amide bonds. The predicted octanol–water partition coefficient (Wildman–Crippen LogP) is 2.52. The molecule has 6 heteroatoms. The van der Waals surface area contributed by atoms with Crippen LogP contribution in [0.3, 0.4) is 0 Å². The summed E-state index contributed by atoms with van der Waals surface area (Å²) in [7, 11) is 1.80. The predicted molar refractivity (Wildman–Crippen MR) is 90.3 cm³/mol. The first-order valence-corrected chi connectivity index (χ1v) is 7.76. The maximum absolute atomic E-state index is 12.0. The van der Waals surface area contributed by atoms with E-state index >= 15 is 0 Å². The summed E-state index contributed by atoms with van der Waals surface area (Å²) in [5.41, 5.74) is 0.988. The number of carbonyl (C=O) groups is 2. The fourth-order valence-electron chi connectivity index (χ4n) is 1.83. The number of rotatable bonds is 7. The van der Waals surface area contributed by atoms with Crippen LogP contribution in [0.4, 0.5) is 5.69 Å². The van der Waals surface area contributed by atoms with Crippen LogP contribution in [0.5, 0.6) is 0 Å². The Bertz CT molecular complexity index is 532. The standard InChI is InChI=1S/C16H24ClN3O2/c1-10(2)8-19-16(22)13-6-5-12(7-14(13)17)20-15(21)11(3)9-18-4/h5-7,10-11,18H,8-9H2,1-4H3,(H,19,22)(H,20,21). The molecule has 122 valence electrons. The quantitative estimate of drug-likeness (QED) is 0.721. The normalized spacial score (nSPS) is 12.1. The second-order valence-electron chi connectivity index (χ2n) is 5.75. The summed E-state index contributed by atoms with van der Waals surface area (Å²) in [4.78, 5) is 23.9. The maximum atomic E-state index is 12.0. The van der Waals surface area contributed by atoms with Crippen molar-refractivity contribution in [2.45, 2.75) is 20.8 Å². The Morgan fingerprint density at radius 3 is 2.41 bits per heavy atom. The lowest BCUT2D eigenvalue weighted by Gasteiger charge is -2.13. The highest BCUT2D eigenvalue weighted by molar-refractivity contribution is 6.34. The third-order valence-corrected chi connectivity index (χ3v) is 3.42. The van der Waals surface area contributed by atoms with Gasteiger partial charge in [-0.05, 0) is 31.2 Å². The van der Waals surface area contributed by atoms with Crippen LogP contribution >= 0.6 is 11.6 Å². The topological polar surface area (TPSA) is 70.2 Å². The van der Waals surface area contributed by atoms with Gasteiger partial charge in [-0.2, -0.15) is 0 Å². The zero-order valence-electron chi connectivity index (χ0n) is 13.5. The van der Waals surface area contributed by atoms with E-state index < -0.39 is 0 Å². The number of carbonyl (C=O) groups excluding carboxylic acids is 2. The van der Waals surface area contributed by atoms with E-state index in [1.54, 1.807) is 25.2 Å². The molecule has 0 heterocycles. The van der Waals surface area contributed by atoms with Crippen LogP contribution in [0.15, 0.2) is 18.2 Å². The largest absolute Gasteiger partial charge is 0.352 e. The molecule has 0 fully saturated rings. The fourth-order valence-corrected chi connectivity index (χ4v) is 2.10. The smallest absolute Gasteiger partial charge is 0.252 e. The maximum Gasteiger partial charge on any atom is 0.252 e. The molecule has 1 rings (SSSR count). The Morgan fingerprint density at radius 2 is 1.86 bits per heavy atom. The molecule has 0 aromatic heterocycles. The molecule has 3 N–H and O–H groups in total. The monoisotopic (exact) mass is 325 g/mol. The number of benzene rings is 1. The molecule has 0 bridgehead atoms. The van der Waals surface area contributed by atoms with Gasteiger partial charge in [0.05, 0.1) is 10.6 Å². The first kappa shape index (κ1) is 18.5. The van der Waals surface area contributed by atoms with Gasteiger partial charge in [-0.15, -0.1) is 0 Å². The van der Waals surface area contributed by atoms with Crippen LogP contribution in [-0.4, -0.2) is 32.0 Å². The van der Waals surface area contributed by atoms with Crippen molar-refractivity contribution in [2.75, 3.05) is 25.5 Å². The van der Waals surface area contributed by atoms with Crippen LogP contribution in [0.2, 0.25) is 5.02 Å². The minimum Gasteiger partial charge on any atom is -0.352 e. The van der Waals surface area contributed by atoms with Crippen molar-refractivity contribution < 1.29 is 9.59 Å². The highest BCUT2D eigenvalue weighted by Gasteiger charge is 2.14. The van der Waals surface area contributed by atoms with E-state index in [1.165, 1.54) is 0 Å². The van der Waals surface area contributed by atoms with E-state index in [0.717, 1.165) is 0 Å². The van der Waals surface area contributed by atoms with E-state index in [2.05, 4.69) is 16.0 Å². The van der Waals surface area contributed by atoms with Gasteiger partial charge in [0.25, 0.3) is 5.91 Å². The van der Waals surface area contributed by atoms with Crippen LogP contribution < -0.4 is 16.0 Å². The van der Waals surface area contributed by atoms with Gasteiger partial charge in [-0.1, -0.05) is 32.4 Å². The fraction of sp³-hybridized carbons (Fsp3) is 0.500. The summed E-state index contributed by atoms with van der Waals surface area (Å²) < 4.78 is 0. The van der Waals surface area contributed by atoms with Gasteiger partial charge in [0.15, 0.2) is 0 Å². The number of anilines is 1. The third-order valence-electron chi connectivity index (χ3n) is 3.11. The second kappa shape index (κ2) is 8.76. The summed E-state index contributed by atoms with van der Waals surface area (Å²) in [5, 5.41) is 8.88. The minimum atomic E-state index is -0.208. The second-order valence-corrected chi connectivity index (χ2v) is 6.15. The van der Waals surface area contributed by atoms with E-state index in [1.807, 2.05) is 20.8 Å². The first-order chi connectivity index (χ1) is 10.3. The first-order valence-electron chi connectivity index (χ1n) is 7.38. The summed E-state index contributed by atoms with van der Waals surface area (Å²) in [6.07, 6.45) is 0. The zero-order valence-corrected chi connectivity index (χ0v) is 14.3. The van der Waals surface area contributed by atoms with E-state index in [-0.39, 0.29) is 17.7 Å². The van der Waals surface area contributed by atoms with Crippen LogP contribution in [0.25, 0.3) is 0 Å². The Hall–Kier alpha value is -1.59. The van der Waals surface area contributed by atoms with E-state index in [9.17, 15) is 9.59 Å². The molecular formula is C16H24ClN3O2. The molecular weight excluding hydrogens is 302 g/mol. The van der Waals surface area contributed by atoms with Gasteiger partial charge in [0.2, 0.25) is 5.91 Å². The van der Waals surface area contributed by atoms with Gasteiger partial charge in [-0.25, -0.2) is 0 Å². The molecule has 0 aliphatic rings. The highest BCUT2D eigenvalue weighted by atomic mass is 35.5. The molecule has 1 atom stereocenters. The molecule has 1 aromatic rings.